The van der Waals surface area contributed by atoms with Gasteiger partial charge >= 0.3 is 0 Å². The number of nitrogens with zero attached hydrogens (tertiary/aromatic N) is 1. The number of hydrogen-bond donors (Lipinski definition) is 0. The van der Waals surface area contributed by atoms with Crippen LogP contribution < -0.4 is 0 Å². The van der Waals surface area contributed by atoms with Crippen molar-refractivity contribution in [2.24, 2.45) is 0 Å². The van der Waals surface area contributed by atoms with Gasteiger partial charge in [-0.2, -0.15) is 0 Å². The maximum atomic E-state index is 12.7. The molecule has 0 aromatic heterocycles. The largest absolute Gasteiger partial charge is 0.377 e. The highest BCUT2D eigenvalue weighted by Gasteiger charge is 2.47. The van der Waals surface area contributed by atoms with Gasteiger partial charge in [0.05, 0.1) is 5.60 Å². The van der Waals surface area contributed by atoms with Crippen LogP contribution in [0.1, 0.15) is 35.2 Å². The highest BCUT2D eigenvalue weighted by molar-refractivity contribution is 5.95. The van der Waals surface area contributed by atoms with Crippen molar-refractivity contribution in [2.75, 3.05) is 26.8 Å². The molecule has 0 N–H and O–H groups in total. The van der Waals surface area contributed by atoms with E-state index >= 15 is 0 Å². The summed E-state index contributed by atoms with van der Waals surface area (Å²) in [7, 11) is 1.72. The Morgan fingerprint density at radius 2 is 2.19 bits per heavy atom. The minimum atomic E-state index is -0.169. The van der Waals surface area contributed by atoms with Gasteiger partial charge < -0.3 is 14.4 Å². The maximum Gasteiger partial charge on any atom is 0.254 e. The molecule has 0 radical (unpaired) electrons. The molecule has 21 heavy (non-hydrogen) atoms. The van der Waals surface area contributed by atoms with Crippen molar-refractivity contribution in [1.29, 1.82) is 0 Å². The number of carbonyl (C=O) groups is 1. The summed E-state index contributed by atoms with van der Waals surface area (Å²) in [5.74, 6) is 0.1000. The topological polar surface area (TPSA) is 38.8 Å². The number of piperidine rings is 1. The molecular weight excluding hydrogens is 266 g/mol. The van der Waals surface area contributed by atoms with Crippen LogP contribution in [0.15, 0.2) is 24.3 Å². The molecule has 0 saturated carbocycles. The highest BCUT2D eigenvalue weighted by Crippen LogP contribution is 2.37. The normalized spacial score (nSPS) is 29.0. The predicted molar refractivity (Wildman–Crippen MR) is 80.4 cm³/mol. The number of aryl methyl sites for hydroxylation is 1. The van der Waals surface area contributed by atoms with Crippen LogP contribution in [0.5, 0.6) is 0 Å². The Kier molecular flexibility index (Phi) is 4.00. The molecular formula is C17H23NO3. The average Bonchev–Trinajstić information content (AvgIpc) is 2.97. The van der Waals surface area contributed by atoms with E-state index in [0.29, 0.717) is 6.54 Å². The predicted octanol–water partition coefficient (Wildman–Crippen LogP) is 2.41. The molecule has 3 rings (SSSR count). The molecule has 0 aliphatic carbocycles. The van der Waals surface area contributed by atoms with E-state index in [1.807, 2.05) is 36.1 Å². The fourth-order valence-corrected chi connectivity index (χ4v) is 3.57. The lowest BCUT2D eigenvalue weighted by Crippen LogP contribution is -2.57. The van der Waals surface area contributed by atoms with Crippen molar-refractivity contribution in [1.82, 2.24) is 4.90 Å². The van der Waals surface area contributed by atoms with E-state index in [1.54, 1.807) is 7.11 Å². The first-order chi connectivity index (χ1) is 10.2. The Morgan fingerprint density at radius 3 is 2.86 bits per heavy atom. The fraction of sp³-hybridized carbons (Fsp3) is 0.588. The highest BCUT2D eigenvalue weighted by atomic mass is 16.5. The van der Waals surface area contributed by atoms with Crippen molar-refractivity contribution in [3.8, 4) is 0 Å². The van der Waals surface area contributed by atoms with Crippen LogP contribution >= 0.6 is 0 Å². The number of carbonyl (C=O) groups excluding carboxylic acids is 1. The van der Waals surface area contributed by atoms with Crippen molar-refractivity contribution in [3.63, 3.8) is 0 Å². The standard InChI is InChI=1S/C17H23NO3/c1-13-6-3-4-7-14(13)16(19)18-10-9-17(8-5-11-21-17)15(12-18)20-2/h3-4,6-7,15H,5,8-12H2,1-2H3/t15-,17-/m0/s1. The molecule has 2 fully saturated rings. The van der Waals surface area contributed by atoms with Crippen molar-refractivity contribution in [2.45, 2.75) is 37.9 Å². The van der Waals surface area contributed by atoms with Gasteiger partial charge in [0.25, 0.3) is 5.91 Å². The first kappa shape index (κ1) is 14.5. The van der Waals surface area contributed by atoms with Crippen LogP contribution in [0.2, 0.25) is 0 Å². The zero-order valence-corrected chi connectivity index (χ0v) is 12.8. The zero-order valence-electron chi connectivity index (χ0n) is 12.8. The number of ether oxygens (including phenoxy) is 2. The van der Waals surface area contributed by atoms with Crippen molar-refractivity contribution < 1.29 is 14.3 Å². The van der Waals surface area contributed by atoms with Crippen molar-refractivity contribution >= 4 is 5.91 Å². The molecule has 0 unspecified atom stereocenters. The molecule has 1 amide bonds. The third-order valence-corrected chi connectivity index (χ3v) is 4.86. The summed E-state index contributed by atoms with van der Waals surface area (Å²) in [5.41, 5.74) is 1.64. The van der Waals surface area contributed by atoms with Gasteiger partial charge in [-0.05, 0) is 37.8 Å². The number of methoxy groups -OCH3 is 1. The minimum absolute atomic E-state index is 0.0262. The fourth-order valence-electron chi connectivity index (χ4n) is 3.57. The number of benzene rings is 1. The van der Waals surface area contributed by atoms with Crippen LogP contribution in [0.3, 0.4) is 0 Å². The lowest BCUT2D eigenvalue weighted by atomic mass is 9.85. The van der Waals surface area contributed by atoms with E-state index in [9.17, 15) is 4.79 Å². The third-order valence-electron chi connectivity index (χ3n) is 4.86. The summed E-state index contributed by atoms with van der Waals surface area (Å²) in [4.78, 5) is 14.6. The van der Waals surface area contributed by atoms with E-state index in [0.717, 1.165) is 43.5 Å². The summed E-state index contributed by atoms with van der Waals surface area (Å²) < 4.78 is 11.6. The van der Waals surface area contributed by atoms with Gasteiger partial charge in [-0.1, -0.05) is 18.2 Å². The summed E-state index contributed by atoms with van der Waals surface area (Å²) in [6.45, 7) is 4.15. The Balaban J connectivity index is 1.76. The van der Waals surface area contributed by atoms with Gasteiger partial charge in [0, 0.05) is 32.4 Å². The molecule has 4 heteroatoms. The molecule has 2 aliphatic rings. The van der Waals surface area contributed by atoms with Crippen LogP contribution in [-0.2, 0) is 9.47 Å². The van der Waals surface area contributed by atoms with Crippen LogP contribution in [0.4, 0.5) is 0 Å². The smallest absolute Gasteiger partial charge is 0.254 e. The molecule has 1 aromatic carbocycles. The molecule has 114 valence electrons. The average molecular weight is 289 g/mol. The first-order valence-corrected chi connectivity index (χ1v) is 7.68. The molecule has 0 bridgehead atoms. The Hall–Kier alpha value is -1.39. The van der Waals surface area contributed by atoms with Crippen molar-refractivity contribution in [3.05, 3.63) is 35.4 Å². The van der Waals surface area contributed by atoms with E-state index in [4.69, 9.17) is 9.47 Å². The zero-order chi connectivity index (χ0) is 14.9. The van der Waals surface area contributed by atoms with Gasteiger partial charge in [0.2, 0.25) is 0 Å². The SMILES string of the molecule is CO[C@H]1CN(C(=O)c2ccccc2C)CC[C@@]12CCCO2. The third kappa shape index (κ3) is 2.58. The summed E-state index contributed by atoms with van der Waals surface area (Å²) >= 11 is 0. The van der Waals surface area contributed by atoms with Crippen LogP contribution in [0, 0.1) is 6.92 Å². The first-order valence-electron chi connectivity index (χ1n) is 7.68. The second-order valence-electron chi connectivity index (χ2n) is 6.06. The van der Waals surface area contributed by atoms with E-state index in [2.05, 4.69) is 0 Å². The molecule has 4 nitrogen and oxygen atoms in total. The van der Waals surface area contributed by atoms with Gasteiger partial charge in [-0.3, -0.25) is 4.79 Å². The van der Waals surface area contributed by atoms with Crippen LogP contribution in [0.25, 0.3) is 0 Å². The molecule has 2 atom stereocenters. The van der Waals surface area contributed by atoms with E-state index in [1.165, 1.54) is 0 Å². The summed E-state index contributed by atoms with van der Waals surface area (Å²) in [6, 6.07) is 7.75. The van der Waals surface area contributed by atoms with Gasteiger partial charge in [0.15, 0.2) is 0 Å². The van der Waals surface area contributed by atoms with E-state index in [-0.39, 0.29) is 17.6 Å². The monoisotopic (exact) mass is 289 g/mol. The molecule has 2 heterocycles. The number of amides is 1. The number of rotatable bonds is 2. The lowest BCUT2D eigenvalue weighted by molar-refractivity contribution is -0.136. The molecule has 2 saturated heterocycles. The number of hydrogen-bond acceptors (Lipinski definition) is 3. The molecule has 1 aromatic rings. The number of likely N-dealkylation sites (tertiary alicyclic amines) is 1. The van der Waals surface area contributed by atoms with Crippen LogP contribution in [-0.4, -0.2) is 49.3 Å². The van der Waals surface area contributed by atoms with E-state index < -0.39 is 0 Å². The van der Waals surface area contributed by atoms with Gasteiger partial charge in [-0.25, -0.2) is 0 Å². The Morgan fingerprint density at radius 1 is 1.38 bits per heavy atom. The summed E-state index contributed by atoms with van der Waals surface area (Å²) in [5, 5.41) is 0. The Bertz CT molecular complexity index is 523. The lowest BCUT2D eigenvalue weighted by Gasteiger charge is -2.44. The quantitative estimate of drug-likeness (QED) is 0.839. The Labute approximate surface area is 126 Å². The molecule has 2 aliphatic heterocycles. The summed E-state index contributed by atoms with van der Waals surface area (Å²) in [6.07, 6.45) is 2.97. The van der Waals surface area contributed by atoms with Gasteiger partial charge in [0.1, 0.15) is 6.10 Å². The minimum Gasteiger partial charge on any atom is -0.377 e. The van der Waals surface area contributed by atoms with Gasteiger partial charge in [-0.15, -0.1) is 0 Å². The second kappa shape index (κ2) is 5.78. The second-order valence-corrected chi connectivity index (χ2v) is 6.06. The maximum absolute atomic E-state index is 12.7. The molecule has 1 spiro atoms.